The lowest BCUT2D eigenvalue weighted by atomic mass is 10.1. The van der Waals surface area contributed by atoms with Crippen LogP contribution in [0.5, 0.6) is 5.75 Å². The van der Waals surface area contributed by atoms with E-state index in [1.807, 2.05) is 24.3 Å². The first-order chi connectivity index (χ1) is 19.1. The zero-order valence-corrected chi connectivity index (χ0v) is 22.1. The van der Waals surface area contributed by atoms with Crippen LogP contribution in [0.4, 0.5) is 30.6 Å². The molecule has 0 unspecified atom stereocenters. The van der Waals surface area contributed by atoms with Crippen molar-refractivity contribution in [1.29, 1.82) is 0 Å². The molecule has 1 aromatic heterocycles. The molecule has 40 heavy (non-hydrogen) atoms. The van der Waals surface area contributed by atoms with E-state index in [2.05, 4.69) is 31.2 Å². The molecule has 2 amide bonds. The number of anilines is 3. The van der Waals surface area contributed by atoms with Gasteiger partial charge in [-0.25, -0.2) is 4.98 Å². The van der Waals surface area contributed by atoms with Gasteiger partial charge in [-0.1, -0.05) is 24.3 Å². The van der Waals surface area contributed by atoms with E-state index < -0.39 is 29.6 Å². The molecule has 0 fully saturated rings. The molecular weight excluding hydrogens is 529 g/mol. The van der Waals surface area contributed by atoms with Gasteiger partial charge in [0.25, 0.3) is 5.91 Å². The Balaban J connectivity index is 1.61. The minimum atomic E-state index is -4.73. The van der Waals surface area contributed by atoms with Gasteiger partial charge in [0, 0.05) is 32.3 Å². The molecule has 10 nitrogen and oxygen atoms in total. The zero-order valence-electron chi connectivity index (χ0n) is 22.1. The largest absolute Gasteiger partial charge is 0.495 e. The number of aromatic nitrogens is 2. The molecule has 0 aliphatic heterocycles. The molecule has 0 bridgehead atoms. The van der Waals surface area contributed by atoms with Gasteiger partial charge in [0.2, 0.25) is 11.9 Å². The first-order valence-corrected chi connectivity index (χ1v) is 12.4. The van der Waals surface area contributed by atoms with Crippen LogP contribution in [-0.4, -0.2) is 55.2 Å². The van der Waals surface area contributed by atoms with Crippen molar-refractivity contribution in [3.63, 3.8) is 0 Å². The molecule has 4 rings (SSSR count). The molecule has 0 radical (unpaired) electrons. The Morgan fingerprint density at radius 2 is 1.90 bits per heavy atom. The number of rotatable bonds is 10. The third-order valence-corrected chi connectivity index (χ3v) is 6.31. The second-order valence-corrected chi connectivity index (χ2v) is 9.07. The molecule has 13 heteroatoms. The first kappa shape index (κ1) is 28.6. The topological polar surface area (TPSA) is 126 Å². The molecule has 3 aromatic rings. The SMILES string of the molecule is COCCNC(=O)c1ccc(Nc2ncc(C(F)(F)F)c(N[C@@H]3Cc4ccccc4[C@H]3NC(C)=O)n2)c(OC)c1. The van der Waals surface area contributed by atoms with E-state index in [0.29, 0.717) is 37.0 Å². The monoisotopic (exact) mass is 558 g/mol. The highest BCUT2D eigenvalue weighted by atomic mass is 19.4. The van der Waals surface area contributed by atoms with E-state index in [0.717, 1.165) is 11.1 Å². The Labute approximate surface area is 228 Å². The molecule has 212 valence electrons. The van der Waals surface area contributed by atoms with Gasteiger partial charge in [-0.15, -0.1) is 0 Å². The van der Waals surface area contributed by atoms with Crippen LogP contribution in [0, 0.1) is 0 Å². The van der Waals surface area contributed by atoms with Crippen molar-refractivity contribution < 1.29 is 32.2 Å². The third kappa shape index (κ3) is 6.60. The zero-order chi connectivity index (χ0) is 28.9. The summed E-state index contributed by atoms with van der Waals surface area (Å²) in [4.78, 5) is 32.3. The second kappa shape index (κ2) is 12.2. The Morgan fingerprint density at radius 3 is 2.60 bits per heavy atom. The highest BCUT2D eigenvalue weighted by Gasteiger charge is 2.39. The Bertz CT molecular complexity index is 1380. The fourth-order valence-electron chi connectivity index (χ4n) is 4.49. The summed E-state index contributed by atoms with van der Waals surface area (Å²) >= 11 is 0. The highest BCUT2D eigenvalue weighted by molar-refractivity contribution is 5.95. The van der Waals surface area contributed by atoms with Crippen molar-refractivity contribution in [3.8, 4) is 5.75 Å². The van der Waals surface area contributed by atoms with Crippen molar-refractivity contribution in [2.75, 3.05) is 38.0 Å². The van der Waals surface area contributed by atoms with Crippen LogP contribution in [0.15, 0.2) is 48.7 Å². The van der Waals surface area contributed by atoms with E-state index in [1.54, 1.807) is 6.07 Å². The molecule has 4 N–H and O–H groups in total. The summed E-state index contributed by atoms with van der Waals surface area (Å²) in [5.41, 5.74) is 1.35. The van der Waals surface area contributed by atoms with E-state index >= 15 is 0 Å². The normalized spacial score (nSPS) is 16.1. The average Bonchev–Trinajstić information content (AvgIpc) is 3.24. The molecule has 2 aromatic carbocycles. The van der Waals surface area contributed by atoms with Crippen LogP contribution in [-0.2, 0) is 22.1 Å². The summed E-state index contributed by atoms with van der Waals surface area (Å²) in [6.07, 6.45) is -3.66. The maximum atomic E-state index is 13.9. The van der Waals surface area contributed by atoms with E-state index in [9.17, 15) is 22.8 Å². The minimum Gasteiger partial charge on any atom is -0.495 e. The highest BCUT2D eigenvalue weighted by Crippen LogP contribution is 2.38. The van der Waals surface area contributed by atoms with Crippen LogP contribution < -0.4 is 26.0 Å². The summed E-state index contributed by atoms with van der Waals surface area (Å²) in [6.45, 7) is 2.03. The fourth-order valence-corrected chi connectivity index (χ4v) is 4.49. The van der Waals surface area contributed by atoms with Crippen LogP contribution in [0.3, 0.4) is 0 Å². The molecule has 1 aliphatic rings. The number of nitrogens with one attached hydrogen (secondary N) is 4. The Kier molecular flexibility index (Phi) is 8.73. The van der Waals surface area contributed by atoms with Crippen LogP contribution in [0.2, 0.25) is 0 Å². The maximum Gasteiger partial charge on any atom is 0.421 e. The van der Waals surface area contributed by atoms with Gasteiger partial charge in [0.05, 0.1) is 31.5 Å². The summed E-state index contributed by atoms with van der Waals surface area (Å²) in [5, 5.41) is 11.3. The molecule has 0 saturated heterocycles. The Morgan fingerprint density at radius 1 is 1.12 bits per heavy atom. The number of ether oxygens (including phenoxy) is 2. The molecule has 2 atom stereocenters. The van der Waals surface area contributed by atoms with E-state index in [4.69, 9.17) is 9.47 Å². The number of carbonyl (C=O) groups is 2. The molecular formula is C27H29F3N6O4. The number of carbonyl (C=O) groups excluding carboxylic acids is 2. The van der Waals surface area contributed by atoms with Crippen LogP contribution in [0.1, 0.15) is 40.0 Å². The number of hydrogen-bond donors (Lipinski definition) is 4. The summed E-state index contributed by atoms with van der Waals surface area (Å²) in [5.74, 6) is -0.957. The van der Waals surface area contributed by atoms with Crippen molar-refractivity contribution in [3.05, 3.63) is 70.9 Å². The van der Waals surface area contributed by atoms with Gasteiger partial charge < -0.3 is 30.7 Å². The van der Waals surface area contributed by atoms with Gasteiger partial charge >= 0.3 is 6.18 Å². The maximum absolute atomic E-state index is 13.9. The van der Waals surface area contributed by atoms with E-state index in [1.165, 1.54) is 33.3 Å². The fraction of sp³-hybridized carbons (Fsp3) is 0.333. The van der Waals surface area contributed by atoms with Gasteiger partial charge in [0.1, 0.15) is 17.1 Å². The molecule has 0 spiro atoms. The summed E-state index contributed by atoms with van der Waals surface area (Å²) < 4.78 is 52.1. The standard InChI is InChI=1S/C27H29F3N6O4/c1-15(37)33-23-18-7-5-4-6-16(18)12-21(23)34-24-19(27(28,29)30)14-32-26(36-24)35-20-9-8-17(13-22(20)40-3)25(38)31-10-11-39-2/h4-9,13-14,21,23H,10-12H2,1-3H3,(H,31,38)(H,33,37)(H2,32,34,35,36)/t21-,23-/m1/s1. The predicted octanol–water partition coefficient (Wildman–Crippen LogP) is 3.84. The van der Waals surface area contributed by atoms with Crippen molar-refractivity contribution in [2.24, 2.45) is 0 Å². The van der Waals surface area contributed by atoms with Gasteiger partial charge in [-0.05, 0) is 35.7 Å². The second-order valence-electron chi connectivity index (χ2n) is 9.07. The lowest BCUT2D eigenvalue weighted by Gasteiger charge is -2.24. The summed E-state index contributed by atoms with van der Waals surface area (Å²) in [6, 6.07) is 10.8. The molecule has 1 aliphatic carbocycles. The number of alkyl halides is 3. The van der Waals surface area contributed by atoms with Crippen molar-refractivity contribution in [2.45, 2.75) is 31.6 Å². The minimum absolute atomic E-state index is 0.127. The average molecular weight is 559 g/mol. The van der Waals surface area contributed by atoms with Crippen LogP contribution >= 0.6 is 0 Å². The number of benzene rings is 2. The number of halogens is 3. The van der Waals surface area contributed by atoms with E-state index in [-0.39, 0.29) is 23.5 Å². The number of hydrogen-bond acceptors (Lipinski definition) is 8. The quantitative estimate of drug-likeness (QED) is 0.277. The van der Waals surface area contributed by atoms with Crippen LogP contribution in [0.25, 0.3) is 0 Å². The Hall–Kier alpha value is -4.39. The third-order valence-electron chi connectivity index (χ3n) is 6.31. The lowest BCUT2D eigenvalue weighted by molar-refractivity contribution is -0.137. The first-order valence-electron chi connectivity index (χ1n) is 12.4. The number of amides is 2. The summed E-state index contributed by atoms with van der Waals surface area (Å²) in [7, 11) is 2.92. The predicted molar refractivity (Wildman–Crippen MR) is 142 cm³/mol. The van der Waals surface area contributed by atoms with Crippen molar-refractivity contribution >= 4 is 29.3 Å². The van der Waals surface area contributed by atoms with Gasteiger partial charge in [-0.2, -0.15) is 18.2 Å². The van der Waals surface area contributed by atoms with Gasteiger partial charge in [0.15, 0.2) is 0 Å². The lowest BCUT2D eigenvalue weighted by Crippen LogP contribution is -2.37. The molecule has 1 heterocycles. The van der Waals surface area contributed by atoms with Gasteiger partial charge in [-0.3, -0.25) is 9.59 Å². The smallest absolute Gasteiger partial charge is 0.421 e. The number of fused-ring (bicyclic) bond motifs is 1. The molecule has 0 saturated carbocycles. The van der Waals surface area contributed by atoms with Crippen molar-refractivity contribution in [1.82, 2.24) is 20.6 Å². The number of nitrogens with zero attached hydrogens (tertiary/aromatic N) is 2. The number of methoxy groups -OCH3 is 2.